The fraction of sp³-hybridized carbons (Fsp3) is 0.500. The van der Waals surface area contributed by atoms with Crippen LogP contribution in [0.2, 0.25) is 0 Å². The Morgan fingerprint density at radius 1 is 0.907 bits per heavy atom. The Kier molecular flexibility index (Phi) is 13.4. The van der Waals surface area contributed by atoms with E-state index >= 15 is 0 Å². The third-order valence-corrected chi connectivity index (χ3v) is 6.64. The zero-order chi connectivity index (χ0) is 32.1. The van der Waals surface area contributed by atoms with Gasteiger partial charge >= 0.3 is 11.9 Å². The average molecular weight is 603 g/mol. The summed E-state index contributed by atoms with van der Waals surface area (Å²) >= 11 is 0. The Morgan fingerprint density at radius 3 is 2.16 bits per heavy atom. The number of aromatic amines is 1. The molecule has 0 aliphatic heterocycles. The van der Waals surface area contributed by atoms with Crippen molar-refractivity contribution in [3.05, 3.63) is 36.0 Å². The zero-order valence-electron chi connectivity index (χ0n) is 24.3. The average Bonchev–Trinajstić information content (AvgIpc) is 3.34. The van der Waals surface area contributed by atoms with Crippen molar-refractivity contribution in [2.24, 2.45) is 28.1 Å². The van der Waals surface area contributed by atoms with Gasteiger partial charge in [-0.1, -0.05) is 32.0 Å². The van der Waals surface area contributed by atoms with Crippen LogP contribution >= 0.6 is 0 Å². The molecule has 3 amide bonds. The lowest BCUT2D eigenvalue weighted by Gasteiger charge is -2.25. The van der Waals surface area contributed by atoms with E-state index in [1.165, 1.54) is 0 Å². The summed E-state index contributed by atoms with van der Waals surface area (Å²) in [6.07, 6.45) is 1.73. The number of para-hydroxylation sites is 1. The first-order valence-corrected chi connectivity index (χ1v) is 14.0. The molecule has 0 bridgehead atoms. The first kappa shape index (κ1) is 34.5. The summed E-state index contributed by atoms with van der Waals surface area (Å²) in [6, 6.07) is 2.59. The van der Waals surface area contributed by atoms with Gasteiger partial charge in [0.1, 0.15) is 18.1 Å². The van der Waals surface area contributed by atoms with Crippen LogP contribution in [0.1, 0.15) is 51.5 Å². The minimum absolute atomic E-state index is 0.0146. The molecular weight excluding hydrogens is 560 g/mol. The van der Waals surface area contributed by atoms with E-state index in [1.807, 2.05) is 38.1 Å². The fourth-order valence-electron chi connectivity index (χ4n) is 4.43. The molecule has 0 aliphatic carbocycles. The molecule has 43 heavy (non-hydrogen) atoms. The van der Waals surface area contributed by atoms with Gasteiger partial charge in [-0.3, -0.25) is 24.2 Å². The van der Waals surface area contributed by atoms with Crippen LogP contribution in [0.25, 0.3) is 10.9 Å². The fourth-order valence-corrected chi connectivity index (χ4v) is 4.43. The molecule has 1 aromatic carbocycles. The maximum Gasteiger partial charge on any atom is 0.326 e. The Bertz CT molecular complexity index is 1310. The Hall–Kier alpha value is -4.66. The quantitative estimate of drug-likeness (QED) is 0.0602. The highest BCUT2D eigenvalue weighted by atomic mass is 16.4. The summed E-state index contributed by atoms with van der Waals surface area (Å²) in [5.41, 5.74) is 18.2. The molecule has 0 radical (unpaired) electrons. The number of H-pyrrole nitrogens is 1. The summed E-state index contributed by atoms with van der Waals surface area (Å²) in [7, 11) is 0. The number of nitrogens with two attached hydrogens (primary N) is 3. The number of carbonyl (C=O) groups is 5. The number of nitrogens with one attached hydrogen (secondary N) is 4. The first-order chi connectivity index (χ1) is 20.3. The number of guanidine groups is 1. The largest absolute Gasteiger partial charge is 0.481 e. The first-order valence-electron chi connectivity index (χ1n) is 14.0. The van der Waals surface area contributed by atoms with E-state index in [0.717, 1.165) is 10.9 Å². The lowest BCUT2D eigenvalue weighted by molar-refractivity contribution is -0.143. The van der Waals surface area contributed by atoms with Gasteiger partial charge in [-0.25, -0.2) is 4.79 Å². The monoisotopic (exact) mass is 602 g/mol. The molecule has 0 spiro atoms. The third kappa shape index (κ3) is 11.6. The molecule has 0 saturated carbocycles. The summed E-state index contributed by atoms with van der Waals surface area (Å²) in [5, 5.41) is 27.1. The molecule has 12 N–H and O–H groups in total. The van der Waals surface area contributed by atoms with Gasteiger partial charge in [-0.15, -0.1) is 0 Å². The molecule has 1 aromatic heterocycles. The maximum absolute atomic E-state index is 13.6. The molecule has 236 valence electrons. The summed E-state index contributed by atoms with van der Waals surface area (Å²) in [4.78, 5) is 69.5. The van der Waals surface area contributed by atoms with Crippen molar-refractivity contribution < 1.29 is 34.2 Å². The second-order valence-electron chi connectivity index (χ2n) is 10.7. The predicted molar refractivity (Wildman–Crippen MR) is 160 cm³/mol. The Labute approximate surface area is 249 Å². The topological polar surface area (TPSA) is 268 Å². The van der Waals surface area contributed by atoms with Gasteiger partial charge in [-0.05, 0) is 43.2 Å². The zero-order valence-corrected chi connectivity index (χ0v) is 24.3. The Morgan fingerprint density at radius 2 is 1.53 bits per heavy atom. The lowest BCUT2D eigenvalue weighted by Crippen LogP contribution is -2.57. The third-order valence-electron chi connectivity index (χ3n) is 6.64. The van der Waals surface area contributed by atoms with Gasteiger partial charge in [0.05, 0.1) is 6.04 Å². The highest BCUT2D eigenvalue weighted by Crippen LogP contribution is 2.19. The van der Waals surface area contributed by atoms with Crippen molar-refractivity contribution in [3.63, 3.8) is 0 Å². The van der Waals surface area contributed by atoms with Gasteiger partial charge in [0, 0.05) is 36.5 Å². The van der Waals surface area contributed by atoms with E-state index in [-0.39, 0.29) is 56.9 Å². The number of carbonyl (C=O) groups excluding carboxylic acids is 3. The van der Waals surface area contributed by atoms with E-state index < -0.39 is 53.8 Å². The van der Waals surface area contributed by atoms with Crippen LogP contribution in [0.5, 0.6) is 0 Å². The maximum atomic E-state index is 13.6. The van der Waals surface area contributed by atoms with Crippen LogP contribution in [0.15, 0.2) is 35.5 Å². The second-order valence-corrected chi connectivity index (χ2v) is 10.7. The van der Waals surface area contributed by atoms with Gasteiger partial charge in [0.15, 0.2) is 5.96 Å². The van der Waals surface area contributed by atoms with Gasteiger partial charge in [0.25, 0.3) is 0 Å². The van der Waals surface area contributed by atoms with Gasteiger partial charge in [-0.2, -0.15) is 0 Å². The number of benzene rings is 1. The minimum atomic E-state index is -1.22. The molecule has 15 heteroatoms. The molecule has 15 nitrogen and oxygen atoms in total. The number of hydrogen-bond acceptors (Lipinski definition) is 7. The van der Waals surface area contributed by atoms with E-state index in [2.05, 4.69) is 25.9 Å². The number of carboxylic acids is 2. The molecule has 0 saturated heterocycles. The normalized spacial score (nSPS) is 13.9. The van der Waals surface area contributed by atoms with Crippen molar-refractivity contribution in [1.82, 2.24) is 20.9 Å². The second kappa shape index (κ2) is 16.7. The number of carboxylic acid groups (broad SMARTS) is 2. The molecule has 4 unspecified atom stereocenters. The highest BCUT2D eigenvalue weighted by molar-refractivity contribution is 5.95. The van der Waals surface area contributed by atoms with Crippen molar-refractivity contribution >= 4 is 46.5 Å². The molecule has 2 rings (SSSR count). The van der Waals surface area contributed by atoms with Crippen molar-refractivity contribution in [1.29, 1.82) is 0 Å². The smallest absolute Gasteiger partial charge is 0.326 e. The summed E-state index contributed by atoms with van der Waals surface area (Å²) < 4.78 is 0. The number of nitrogens with zero attached hydrogens (tertiary/aromatic N) is 1. The Balaban J connectivity index is 2.32. The van der Waals surface area contributed by atoms with E-state index in [1.54, 1.807) is 6.20 Å². The van der Waals surface area contributed by atoms with Crippen molar-refractivity contribution in [2.45, 2.75) is 76.5 Å². The van der Waals surface area contributed by atoms with Crippen LogP contribution in [0.3, 0.4) is 0 Å². The number of hydrogen-bond donors (Lipinski definition) is 9. The highest BCUT2D eigenvalue weighted by Gasteiger charge is 2.31. The lowest BCUT2D eigenvalue weighted by atomic mass is 10.0. The van der Waals surface area contributed by atoms with Crippen LogP contribution in [0.4, 0.5) is 0 Å². The van der Waals surface area contributed by atoms with E-state index in [0.29, 0.717) is 5.56 Å². The van der Waals surface area contributed by atoms with E-state index in [9.17, 15) is 29.1 Å². The molecule has 0 aliphatic rings. The molecule has 4 atom stereocenters. The van der Waals surface area contributed by atoms with Gasteiger partial charge < -0.3 is 48.3 Å². The number of fused-ring (bicyclic) bond motifs is 1. The van der Waals surface area contributed by atoms with Crippen molar-refractivity contribution in [2.75, 3.05) is 6.54 Å². The van der Waals surface area contributed by atoms with Crippen molar-refractivity contribution in [3.8, 4) is 0 Å². The molecule has 0 fully saturated rings. The van der Waals surface area contributed by atoms with Crippen LogP contribution < -0.4 is 33.2 Å². The molecule has 2 aromatic rings. The van der Waals surface area contributed by atoms with Gasteiger partial charge in [0.2, 0.25) is 17.7 Å². The van der Waals surface area contributed by atoms with Crippen LogP contribution in [-0.2, 0) is 30.4 Å². The minimum Gasteiger partial charge on any atom is -0.481 e. The van der Waals surface area contributed by atoms with E-state index in [4.69, 9.17) is 22.3 Å². The SMILES string of the molecule is CC(C)CC(NC(=O)C(CCCN=C(N)N)NC(=O)C(Cc1c[nH]c2ccccc12)NC(=O)C(N)CCC(=O)O)C(=O)O. The predicted octanol–water partition coefficient (Wildman–Crippen LogP) is -0.459. The number of amides is 3. The molecular formula is C28H42N8O7. The standard InChI is InChI=1S/C28H42N8O7/c1-15(2)12-22(27(42)43)36-25(40)20(8-5-11-32-28(30)31)34-26(41)21(35-24(39)18(29)9-10-23(37)38)13-16-14-33-19-7-4-3-6-17(16)19/h3-4,6-7,14-15,18,20-22,33H,5,8-13,29H2,1-2H3,(H,34,41)(H,35,39)(H,36,40)(H,37,38)(H,42,43)(H4,30,31,32). The number of aromatic nitrogens is 1. The van der Waals surface area contributed by atoms with Crippen LogP contribution in [0, 0.1) is 5.92 Å². The number of rotatable bonds is 18. The number of aliphatic carboxylic acids is 2. The molecule has 1 heterocycles. The number of aliphatic imine (C=N–C) groups is 1. The van der Waals surface area contributed by atoms with Crippen LogP contribution in [-0.4, -0.2) is 81.5 Å². The summed E-state index contributed by atoms with van der Waals surface area (Å²) in [6.45, 7) is 3.79. The summed E-state index contributed by atoms with van der Waals surface area (Å²) in [5.74, 6) is -4.69.